The Morgan fingerprint density at radius 2 is 2.06 bits per heavy atom. The average molecular weight is 245 g/mol. The van der Waals surface area contributed by atoms with Crippen molar-refractivity contribution in [1.29, 1.82) is 0 Å². The Balaban J connectivity index is 2.45. The highest BCUT2D eigenvalue weighted by Crippen LogP contribution is 2.21. The van der Waals surface area contributed by atoms with Gasteiger partial charge in [0.05, 0.1) is 0 Å². The number of rotatable bonds is 4. The van der Waals surface area contributed by atoms with E-state index in [1.165, 1.54) is 0 Å². The number of carbonyl (C=O) groups is 1. The van der Waals surface area contributed by atoms with Crippen LogP contribution in [0.3, 0.4) is 0 Å². The molecular weight excluding hydrogens is 230 g/mol. The van der Waals surface area contributed by atoms with Crippen LogP contribution in [0.25, 0.3) is 11.3 Å². The summed E-state index contributed by atoms with van der Waals surface area (Å²) in [6.07, 6.45) is 4.84. The van der Waals surface area contributed by atoms with Gasteiger partial charge in [-0.05, 0) is 18.1 Å². The van der Waals surface area contributed by atoms with E-state index in [2.05, 4.69) is 23.9 Å². The summed E-state index contributed by atoms with van der Waals surface area (Å²) in [6.45, 7) is 4.83. The lowest BCUT2D eigenvalue weighted by Crippen LogP contribution is -2.04. The molecule has 0 atom stereocenters. The summed E-state index contributed by atoms with van der Waals surface area (Å²) in [5.74, 6) is -0.548. The molecule has 0 saturated carbocycles. The van der Waals surface area contributed by atoms with Crippen LogP contribution < -0.4 is 0 Å². The number of hydrogen-bond acceptors (Lipinski definition) is 3. The molecule has 0 aromatic carbocycles. The fourth-order valence-corrected chi connectivity index (χ4v) is 1.77. The van der Waals surface area contributed by atoms with Crippen LogP contribution in [0.1, 0.15) is 24.2 Å². The van der Waals surface area contributed by atoms with Crippen LogP contribution >= 0.6 is 0 Å². The predicted octanol–water partition coefficient (Wildman–Crippen LogP) is 2.30. The van der Waals surface area contributed by atoms with E-state index in [0.29, 0.717) is 18.2 Å². The molecule has 0 aliphatic rings. The minimum absolute atomic E-state index is 0.224. The molecule has 5 nitrogen and oxygen atoms in total. The number of nitrogens with zero attached hydrogens (tertiary/aromatic N) is 3. The topological polar surface area (TPSA) is 68.0 Å². The van der Waals surface area contributed by atoms with E-state index in [1.807, 2.05) is 0 Å². The zero-order valence-electron chi connectivity index (χ0n) is 10.4. The Morgan fingerprint density at radius 3 is 2.61 bits per heavy atom. The minimum Gasteiger partial charge on any atom is -0.478 e. The van der Waals surface area contributed by atoms with Gasteiger partial charge in [0.1, 0.15) is 11.3 Å². The Bertz CT molecular complexity index is 547. The summed E-state index contributed by atoms with van der Waals surface area (Å²) >= 11 is 0. The third kappa shape index (κ3) is 2.56. The number of carboxylic acids is 1. The van der Waals surface area contributed by atoms with Crippen molar-refractivity contribution in [2.45, 2.75) is 20.4 Å². The first-order valence-corrected chi connectivity index (χ1v) is 5.79. The van der Waals surface area contributed by atoms with Crippen molar-refractivity contribution >= 4 is 5.97 Å². The molecule has 2 rings (SSSR count). The molecule has 0 radical (unpaired) electrons. The first-order valence-electron chi connectivity index (χ1n) is 5.79. The van der Waals surface area contributed by atoms with Gasteiger partial charge in [0.15, 0.2) is 0 Å². The van der Waals surface area contributed by atoms with Crippen molar-refractivity contribution in [3.8, 4) is 11.3 Å². The molecule has 0 aliphatic carbocycles. The summed E-state index contributed by atoms with van der Waals surface area (Å²) in [5.41, 5.74) is 1.48. The number of pyridine rings is 1. The third-order valence-corrected chi connectivity index (χ3v) is 2.50. The molecule has 2 aromatic heterocycles. The van der Waals surface area contributed by atoms with Gasteiger partial charge in [0.25, 0.3) is 0 Å². The van der Waals surface area contributed by atoms with Crippen LogP contribution in [0.5, 0.6) is 0 Å². The van der Waals surface area contributed by atoms with Gasteiger partial charge in [-0.2, -0.15) is 5.10 Å². The molecule has 0 spiro atoms. The summed E-state index contributed by atoms with van der Waals surface area (Å²) in [7, 11) is 0. The molecule has 0 aliphatic heterocycles. The molecule has 2 heterocycles. The number of aromatic nitrogens is 3. The van der Waals surface area contributed by atoms with Crippen LogP contribution in [0.4, 0.5) is 0 Å². The molecule has 2 aromatic rings. The molecule has 0 saturated heterocycles. The van der Waals surface area contributed by atoms with E-state index in [4.69, 9.17) is 0 Å². The van der Waals surface area contributed by atoms with Crippen molar-refractivity contribution in [2.75, 3.05) is 0 Å². The van der Waals surface area contributed by atoms with Crippen LogP contribution in [0.15, 0.2) is 30.7 Å². The van der Waals surface area contributed by atoms with Crippen LogP contribution in [0.2, 0.25) is 0 Å². The van der Waals surface area contributed by atoms with E-state index in [9.17, 15) is 9.90 Å². The number of hydrogen-bond donors (Lipinski definition) is 1. The van der Waals surface area contributed by atoms with E-state index >= 15 is 0 Å². The molecule has 0 amide bonds. The second-order valence-electron chi connectivity index (χ2n) is 4.55. The molecule has 5 heteroatoms. The smallest absolute Gasteiger partial charge is 0.339 e. The lowest BCUT2D eigenvalue weighted by molar-refractivity contribution is 0.0697. The van der Waals surface area contributed by atoms with E-state index in [1.54, 1.807) is 35.4 Å². The van der Waals surface area contributed by atoms with Crippen molar-refractivity contribution < 1.29 is 9.90 Å². The fourth-order valence-electron chi connectivity index (χ4n) is 1.77. The lowest BCUT2D eigenvalue weighted by atomic mass is 10.1. The maximum absolute atomic E-state index is 11.2. The van der Waals surface area contributed by atoms with Crippen molar-refractivity contribution in [1.82, 2.24) is 14.8 Å². The van der Waals surface area contributed by atoms with Gasteiger partial charge in [0.2, 0.25) is 0 Å². The normalized spacial score (nSPS) is 10.8. The van der Waals surface area contributed by atoms with Crippen molar-refractivity contribution in [2.24, 2.45) is 5.92 Å². The number of carboxylic acid groups (broad SMARTS) is 1. The second kappa shape index (κ2) is 5.00. The quantitative estimate of drug-likeness (QED) is 0.897. The highest BCUT2D eigenvalue weighted by atomic mass is 16.4. The molecule has 0 fully saturated rings. The highest BCUT2D eigenvalue weighted by molar-refractivity contribution is 5.94. The first-order chi connectivity index (χ1) is 8.58. The summed E-state index contributed by atoms with van der Waals surface area (Å²) in [4.78, 5) is 15.1. The largest absolute Gasteiger partial charge is 0.478 e. The van der Waals surface area contributed by atoms with Gasteiger partial charge < -0.3 is 5.11 Å². The standard InChI is InChI=1S/C13H15N3O2/c1-9(2)7-16-8-11(13(17)18)12(15-16)10-3-5-14-6-4-10/h3-6,8-9H,7H2,1-2H3,(H,17,18). The van der Waals surface area contributed by atoms with Gasteiger partial charge in [-0.1, -0.05) is 13.8 Å². The van der Waals surface area contributed by atoms with E-state index in [-0.39, 0.29) is 5.56 Å². The van der Waals surface area contributed by atoms with E-state index in [0.717, 1.165) is 5.56 Å². The maximum atomic E-state index is 11.2. The van der Waals surface area contributed by atoms with Gasteiger partial charge in [-0.25, -0.2) is 4.79 Å². The van der Waals surface area contributed by atoms with Crippen LogP contribution in [0, 0.1) is 5.92 Å². The van der Waals surface area contributed by atoms with Gasteiger partial charge in [-0.3, -0.25) is 9.67 Å². The summed E-state index contributed by atoms with van der Waals surface area (Å²) in [6, 6.07) is 3.52. The first kappa shape index (κ1) is 12.3. The van der Waals surface area contributed by atoms with Crippen LogP contribution in [-0.2, 0) is 6.54 Å². The molecule has 18 heavy (non-hydrogen) atoms. The Morgan fingerprint density at radius 1 is 1.39 bits per heavy atom. The molecule has 0 bridgehead atoms. The van der Waals surface area contributed by atoms with Crippen LogP contribution in [-0.4, -0.2) is 25.8 Å². The van der Waals surface area contributed by atoms with Gasteiger partial charge in [0, 0.05) is 30.7 Å². The zero-order valence-corrected chi connectivity index (χ0v) is 10.4. The van der Waals surface area contributed by atoms with E-state index < -0.39 is 5.97 Å². The molecule has 1 N–H and O–H groups in total. The van der Waals surface area contributed by atoms with Gasteiger partial charge in [-0.15, -0.1) is 0 Å². The lowest BCUT2D eigenvalue weighted by Gasteiger charge is -2.03. The fraction of sp³-hybridized carbons (Fsp3) is 0.308. The average Bonchev–Trinajstić information content (AvgIpc) is 2.73. The molecule has 0 unspecified atom stereocenters. The highest BCUT2D eigenvalue weighted by Gasteiger charge is 2.17. The molecule has 94 valence electrons. The maximum Gasteiger partial charge on any atom is 0.339 e. The Kier molecular flexibility index (Phi) is 3.41. The van der Waals surface area contributed by atoms with Gasteiger partial charge >= 0.3 is 5.97 Å². The predicted molar refractivity (Wildman–Crippen MR) is 67.3 cm³/mol. The Hall–Kier alpha value is -2.17. The SMILES string of the molecule is CC(C)Cn1cc(C(=O)O)c(-c2ccncc2)n1. The Labute approximate surface area is 105 Å². The monoisotopic (exact) mass is 245 g/mol. The summed E-state index contributed by atoms with van der Waals surface area (Å²) in [5, 5.41) is 13.6. The summed E-state index contributed by atoms with van der Waals surface area (Å²) < 4.78 is 1.68. The third-order valence-electron chi connectivity index (χ3n) is 2.50. The minimum atomic E-state index is -0.961. The zero-order chi connectivity index (χ0) is 13.1. The van der Waals surface area contributed by atoms with Crippen molar-refractivity contribution in [3.63, 3.8) is 0 Å². The number of aromatic carboxylic acids is 1. The van der Waals surface area contributed by atoms with Crippen molar-refractivity contribution in [3.05, 3.63) is 36.3 Å². The molecular formula is C13H15N3O2. The second-order valence-corrected chi connectivity index (χ2v) is 4.55.